The minimum Gasteiger partial charge on any atom is -0.342 e. The molecule has 1 aliphatic rings. The Morgan fingerprint density at radius 2 is 2.14 bits per heavy atom. The van der Waals surface area contributed by atoms with Crippen molar-refractivity contribution in [2.24, 2.45) is 0 Å². The van der Waals surface area contributed by atoms with Crippen LogP contribution in [0.5, 0.6) is 0 Å². The van der Waals surface area contributed by atoms with Crippen LogP contribution in [0.4, 0.5) is 4.39 Å². The zero-order chi connectivity index (χ0) is 15.6. The quantitative estimate of drug-likeness (QED) is 0.904. The second kappa shape index (κ2) is 6.13. The number of nitrogens with one attached hydrogen (secondary N) is 1. The van der Waals surface area contributed by atoms with Gasteiger partial charge in [0.1, 0.15) is 11.4 Å². The fourth-order valence-electron chi connectivity index (χ4n) is 2.37. The van der Waals surface area contributed by atoms with Crippen LogP contribution < -0.4 is 5.32 Å². The van der Waals surface area contributed by atoms with E-state index in [1.54, 1.807) is 24.0 Å². The van der Waals surface area contributed by atoms with Gasteiger partial charge in [0.15, 0.2) is 0 Å². The number of benzene rings is 1. The second-order valence-electron chi connectivity index (χ2n) is 5.45. The maximum atomic E-state index is 13.9. The highest BCUT2D eigenvalue weighted by Gasteiger charge is 2.39. The van der Waals surface area contributed by atoms with Crippen LogP contribution in [0.15, 0.2) is 22.7 Å². The third kappa shape index (κ3) is 3.43. The van der Waals surface area contributed by atoms with Crippen molar-refractivity contribution in [3.8, 4) is 0 Å². The minimum absolute atomic E-state index is 0.148. The topological polar surface area (TPSA) is 49.4 Å². The molecule has 1 aromatic rings. The van der Waals surface area contributed by atoms with Crippen molar-refractivity contribution in [1.82, 2.24) is 10.2 Å². The highest BCUT2D eigenvalue weighted by atomic mass is 79.9. The Bertz CT molecular complexity index is 579. The number of amides is 2. The van der Waals surface area contributed by atoms with Crippen LogP contribution >= 0.6 is 15.9 Å². The number of hydrogen-bond acceptors (Lipinski definition) is 2. The van der Waals surface area contributed by atoms with Gasteiger partial charge in [-0.05, 0) is 31.5 Å². The highest BCUT2D eigenvalue weighted by molar-refractivity contribution is 9.10. The number of hydrogen-bond donors (Lipinski definition) is 1. The Morgan fingerprint density at radius 3 is 2.81 bits per heavy atom. The fourth-order valence-corrected chi connectivity index (χ4v) is 2.78. The summed E-state index contributed by atoms with van der Waals surface area (Å²) in [5, 5.41) is 2.76. The van der Waals surface area contributed by atoms with Crippen LogP contribution in [-0.2, 0) is 16.1 Å². The first-order valence-electron chi connectivity index (χ1n) is 6.90. The first kappa shape index (κ1) is 15.9. The molecule has 0 aliphatic carbocycles. The molecule has 114 valence electrons. The Morgan fingerprint density at radius 1 is 1.43 bits per heavy atom. The molecule has 0 spiro atoms. The van der Waals surface area contributed by atoms with Gasteiger partial charge in [0.2, 0.25) is 11.8 Å². The summed E-state index contributed by atoms with van der Waals surface area (Å²) in [6, 6.07) is 4.64. The number of halogens is 2. The van der Waals surface area contributed by atoms with Gasteiger partial charge in [-0.25, -0.2) is 4.39 Å². The molecule has 2 rings (SSSR count). The Labute approximate surface area is 131 Å². The average Bonchev–Trinajstić information content (AvgIpc) is 2.55. The van der Waals surface area contributed by atoms with E-state index in [4.69, 9.17) is 0 Å². The van der Waals surface area contributed by atoms with Gasteiger partial charge in [-0.1, -0.05) is 22.9 Å². The van der Waals surface area contributed by atoms with Gasteiger partial charge < -0.3 is 10.2 Å². The van der Waals surface area contributed by atoms with Crippen LogP contribution in [0.1, 0.15) is 32.3 Å². The first-order chi connectivity index (χ1) is 9.85. The maximum Gasteiger partial charge on any atom is 0.248 e. The van der Waals surface area contributed by atoms with Gasteiger partial charge in [0.25, 0.3) is 0 Å². The van der Waals surface area contributed by atoms with Gasteiger partial charge in [0.05, 0.1) is 0 Å². The van der Waals surface area contributed by atoms with E-state index < -0.39 is 5.54 Å². The van der Waals surface area contributed by atoms with Crippen molar-refractivity contribution in [3.05, 3.63) is 34.1 Å². The summed E-state index contributed by atoms with van der Waals surface area (Å²) in [7, 11) is 0. The molecule has 0 aromatic heterocycles. The molecule has 1 atom stereocenters. The molecule has 1 fully saturated rings. The predicted molar refractivity (Wildman–Crippen MR) is 81.0 cm³/mol. The van der Waals surface area contributed by atoms with Crippen molar-refractivity contribution < 1.29 is 14.0 Å². The summed E-state index contributed by atoms with van der Waals surface area (Å²) >= 11 is 3.30. The number of carbonyl (C=O) groups excluding carboxylic acids is 2. The van der Waals surface area contributed by atoms with Crippen LogP contribution in [0.25, 0.3) is 0 Å². The standard InChI is InChI=1S/C15H18BrFN2O2/c1-3-15(2)14(21)19(7-6-13(20)18-15)9-10-8-11(16)4-5-12(10)17/h4-5,8H,3,6-7,9H2,1-2H3,(H,18,20). The minimum atomic E-state index is -0.921. The smallest absolute Gasteiger partial charge is 0.248 e. The van der Waals surface area contributed by atoms with Crippen LogP contribution in [-0.4, -0.2) is 28.8 Å². The van der Waals surface area contributed by atoms with Crippen molar-refractivity contribution >= 4 is 27.7 Å². The van der Waals surface area contributed by atoms with E-state index in [9.17, 15) is 14.0 Å². The monoisotopic (exact) mass is 356 g/mol. The third-order valence-corrected chi connectivity index (χ3v) is 4.35. The van der Waals surface area contributed by atoms with Gasteiger partial charge in [-0.3, -0.25) is 9.59 Å². The molecule has 0 bridgehead atoms. The molecule has 0 saturated carbocycles. The normalized spacial score (nSPS) is 23.0. The lowest BCUT2D eigenvalue weighted by Crippen LogP contribution is -2.54. The summed E-state index contributed by atoms with van der Waals surface area (Å²) < 4.78 is 14.6. The molecule has 1 N–H and O–H groups in total. The number of carbonyl (C=O) groups is 2. The third-order valence-electron chi connectivity index (χ3n) is 3.86. The average molecular weight is 357 g/mol. The summed E-state index contributed by atoms with van der Waals surface area (Å²) in [5.41, 5.74) is -0.485. The lowest BCUT2D eigenvalue weighted by atomic mass is 9.97. The molecule has 6 heteroatoms. The molecule has 2 amide bonds. The molecular formula is C15H18BrFN2O2. The lowest BCUT2D eigenvalue weighted by Gasteiger charge is -2.31. The van der Waals surface area contributed by atoms with Crippen molar-refractivity contribution in [2.75, 3.05) is 6.54 Å². The van der Waals surface area contributed by atoms with E-state index in [1.165, 1.54) is 6.07 Å². The van der Waals surface area contributed by atoms with Gasteiger partial charge in [-0.15, -0.1) is 0 Å². The molecule has 1 saturated heterocycles. The molecule has 4 nitrogen and oxygen atoms in total. The second-order valence-corrected chi connectivity index (χ2v) is 6.36. The summed E-state index contributed by atoms with van der Waals surface area (Å²) in [6.07, 6.45) is 0.728. The van der Waals surface area contributed by atoms with Gasteiger partial charge in [0, 0.05) is 29.5 Å². The van der Waals surface area contributed by atoms with E-state index in [2.05, 4.69) is 21.2 Å². The molecular weight excluding hydrogens is 339 g/mol. The van der Waals surface area contributed by atoms with Gasteiger partial charge >= 0.3 is 0 Å². The Kier molecular flexibility index (Phi) is 4.66. The lowest BCUT2D eigenvalue weighted by molar-refractivity contribution is -0.138. The summed E-state index contributed by atoms with van der Waals surface area (Å²) in [5.74, 6) is -0.673. The number of nitrogens with zero attached hydrogens (tertiary/aromatic N) is 1. The largest absolute Gasteiger partial charge is 0.342 e. The fraction of sp³-hybridized carbons (Fsp3) is 0.467. The van der Waals surface area contributed by atoms with Crippen LogP contribution in [0, 0.1) is 5.82 Å². The van der Waals surface area contributed by atoms with Gasteiger partial charge in [-0.2, -0.15) is 0 Å². The molecule has 1 unspecified atom stereocenters. The predicted octanol–water partition coefficient (Wildman–Crippen LogP) is 2.61. The SMILES string of the molecule is CCC1(C)NC(=O)CCN(Cc2cc(Br)ccc2F)C1=O. The summed E-state index contributed by atoms with van der Waals surface area (Å²) in [4.78, 5) is 25.9. The van der Waals surface area contributed by atoms with E-state index in [0.29, 0.717) is 18.5 Å². The zero-order valence-corrected chi connectivity index (χ0v) is 13.7. The van der Waals surface area contributed by atoms with Crippen LogP contribution in [0.3, 0.4) is 0 Å². The molecule has 0 radical (unpaired) electrons. The first-order valence-corrected chi connectivity index (χ1v) is 7.69. The van der Waals surface area contributed by atoms with E-state index >= 15 is 0 Å². The maximum absolute atomic E-state index is 13.9. The van der Waals surface area contributed by atoms with E-state index in [0.717, 1.165) is 4.47 Å². The zero-order valence-electron chi connectivity index (χ0n) is 12.1. The summed E-state index contributed by atoms with van der Waals surface area (Å²) in [6.45, 7) is 4.02. The molecule has 1 aliphatic heterocycles. The van der Waals surface area contributed by atoms with Crippen molar-refractivity contribution in [3.63, 3.8) is 0 Å². The Balaban J connectivity index is 2.27. The van der Waals surface area contributed by atoms with E-state index in [1.807, 2.05) is 6.92 Å². The van der Waals surface area contributed by atoms with E-state index in [-0.39, 0.29) is 30.6 Å². The highest BCUT2D eigenvalue weighted by Crippen LogP contribution is 2.22. The molecule has 21 heavy (non-hydrogen) atoms. The van der Waals surface area contributed by atoms with Crippen molar-refractivity contribution in [2.45, 2.75) is 38.8 Å². The molecule has 1 heterocycles. The number of rotatable bonds is 3. The molecule has 1 aromatic carbocycles. The van der Waals surface area contributed by atoms with Crippen molar-refractivity contribution in [1.29, 1.82) is 0 Å². The Hall–Kier alpha value is -1.43. The van der Waals surface area contributed by atoms with Crippen LogP contribution in [0.2, 0.25) is 0 Å².